The molecule has 3 N–H and O–H groups in total. The van der Waals surface area contributed by atoms with Crippen molar-refractivity contribution in [1.29, 1.82) is 5.41 Å². The zero-order valence-corrected chi connectivity index (χ0v) is 15.9. The van der Waals surface area contributed by atoms with Crippen molar-refractivity contribution in [3.05, 3.63) is 41.7 Å². The van der Waals surface area contributed by atoms with E-state index in [-0.39, 0.29) is 16.5 Å². The average Bonchev–Trinajstić information content (AvgIpc) is 2.47. The smallest absolute Gasteiger partial charge is 0.241 e. The normalized spacial score (nSPS) is 14.1. The van der Waals surface area contributed by atoms with Gasteiger partial charge in [0.25, 0.3) is 0 Å². The molecule has 0 saturated carbocycles. The first-order chi connectivity index (χ1) is 11.3. The van der Waals surface area contributed by atoms with E-state index < -0.39 is 38.2 Å². The minimum absolute atomic E-state index is 0.0137. The third-order valence-electron chi connectivity index (χ3n) is 3.62. The molecule has 0 aliphatic heterocycles. The van der Waals surface area contributed by atoms with Gasteiger partial charge >= 0.3 is 0 Å². The molecule has 7 heteroatoms. The highest BCUT2D eigenvalue weighted by atomic mass is 32.2. The Morgan fingerprint density at radius 1 is 1.28 bits per heavy atom. The van der Waals surface area contributed by atoms with Crippen molar-refractivity contribution in [1.82, 2.24) is 5.32 Å². The lowest BCUT2D eigenvalue weighted by molar-refractivity contribution is -0.121. The summed E-state index contributed by atoms with van der Waals surface area (Å²) in [4.78, 5) is 12.5. The van der Waals surface area contributed by atoms with E-state index in [1.54, 1.807) is 34.6 Å². The third kappa shape index (κ3) is 5.22. The molecule has 0 heterocycles. The standard InChI is InChI=1S/C18H24F2N2O2S/c1-17(2,3)14(23)10-15(21)22-16(24)18(4,5)25(6)13-9-11(19)7-8-12(13)20/h7-10,23H,6H2,1-5H3,(H2,21,22,24)/b14-10-. The van der Waals surface area contributed by atoms with Gasteiger partial charge in [0.15, 0.2) is 0 Å². The quantitative estimate of drug-likeness (QED) is 0.318. The fourth-order valence-electron chi connectivity index (χ4n) is 1.71. The van der Waals surface area contributed by atoms with Gasteiger partial charge in [-0.05, 0) is 32.0 Å². The Kier molecular flexibility index (Phi) is 6.28. The first-order valence-electron chi connectivity index (χ1n) is 7.57. The number of aliphatic hydroxyl groups is 1. The second kappa shape index (κ2) is 7.47. The summed E-state index contributed by atoms with van der Waals surface area (Å²) >= 11 is 0. The van der Waals surface area contributed by atoms with Crippen LogP contribution < -0.4 is 5.32 Å². The molecule has 0 aliphatic rings. The van der Waals surface area contributed by atoms with E-state index in [0.717, 1.165) is 24.3 Å². The zero-order valence-electron chi connectivity index (χ0n) is 15.0. The molecule has 1 atom stereocenters. The number of amides is 1. The molecular weight excluding hydrogens is 346 g/mol. The molecule has 4 nitrogen and oxygen atoms in total. The van der Waals surface area contributed by atoms with Crippen LogP contribution in [0, 0.1) is 22.5 Å². The summed E-state index contributed by atoms with van der Waals surface area (Å²) in [5.74, 6) is 1.67. The van der Waals surface area contributed by atoms with Crippen LogP contribution >= 0.6 is 10.5 Å². The van der Waals surface area contributed by atoms with E-state index in [1.807, 2.05) is 0 Å². The van der Waals surface area contributed by atoms with Crippen LogP contribution in [-0.2, 0) is 4.79 Å². The van der Waals surface area contributed by atoms with Crippen LogP contribution in [0.4, 0.5) is 8.78 Å². The maximum Gasteiger partial charge on any atom is 0.241 e. The number of nitrogens with one attached hydrogen (secondary N) is 2. The average molecular weight is 370 g/mol. The van der Waals surface area contributed by atoms with Crippen LogP contribution in [0.2, 0.25) is 0 Å². The predicted molar refractivity (Wildman–Crippen MR) is 99.5 cm³/mol. The summed E-state index contributed by atoms with van der Waals surface area (Å²) in [6, 6.07) is 3.02. The summed E-state index contributed by atoms with van der Waals surface area (Å²) in [6.45, 7) is 8.38. The molecule has 1 amide bonds. The van der Waals surface area contributed by atoms with E-state index in [2.05, 4.69) is 11.2 Å². The maximum absolute atomic E-state index is 14.0. The lowest BCUT2D eigenvalue weighted by Crippen LogP contribution is -2.43. The van der Waals surface area contributed by atoms with Crippen molar-refractivity contribution in [2.75, 3.05) is 0 Å². The predicted octanol–water partition coefficient (Wildman–Crippen LogP) is 4.38. The highest BCUT2D eigenvalue weighted by molar-refractivity contribution is 8.16. The SMILES string of the molecule is C=S(c1cc(F)ccc1F)C(C)(C)C(=O)NC(=N)/C=C(\O)C(C)(C)C. The zero-order chi connectivity index (χ0) is 19.6. The molecule has 0 aliphatic carbocycles. The van der Waals surface area contributed by atoms with Crippen molar-refractivity contribution in [2.24, 2.45) is 5.41 Å². The van der Waals surface area contributed by atoms with Crippen LogP contribution in [-0.4, -0.2) is 27.5 Å². The molecule has 25 heavy (non-hydrogen) atoms. The monoisotopic (exact) mass is 370 g/mol. The minimum Gasteiger partial charge on any atom is -0.512 e. The first kappa shape index (κ1) is 21.0. The van der Waals surface area contributed by atoms with Gasteiger partial charge in [-0.1, -0.05) is 26.6 Å². The van der Waals surface area contributed by atoms with Gasteiger partial charge in [-0.3, -0.25) is 10.2 Å². The van der Waals surface area contributed by atoms with Gasteiger partial charge in [0.1, 0.15) is 23.2 Å². The molecule has 0 radical (unpaired) electrons. The van der Waals surface area contributed by atoms with Crippen LogP contribution in [0.5, 0.6) is 0 Å². The molecule has 0 spiro atoms. The third-order valence-corrected chi connectivity index (χ3v) is 5.88. The van der Waals surface area contributed by atoms with Crippen LogP contribution in [0.3, 0.4) is 0 Å². The van der Waals surface area contributed by atoms with E-state index in [9.17, 15) is 18.7 Å². The van der Waals surface area contributed by atoms with Crippen LogP contribution in [0.25, 0.3) is 0 Å². The second-order valence-electron chi connectivity index (χ2n) is 7.12. The lowest BCUT2D eigenvalue weighted by atomic mass is 9.93. The number of carbonyl (C=O) groups excluding carboxylic acids is 1. The first-order valence-corrected chi connectivity index (χ1v) is 8.96. The Balaban J connectivity index is 3.02. The summed E-state index contributed by atoms with van der Waals surface area (Å²) in [6.07, 6.45) is 1.15. The molecule has 1 rings (SSSR count). The number of carbonyl (C=O) groups is 1. The van der Waals surface area contributed by atoms with Gasteiger partial charge in [0.2, 0.25) is 5.91 Å². The van der Waals surface area contributed by atoms with Crippen molar-refractivity contribution < 1.29 is 18.7 Å². The summed E-state index contributed by atoms with van der Waals surface area (Å²) in [5.41, 5.74) is -0.562. The van der Waals surface area contributed by atoms with Crippen molar-refractivity contribution in [2.45, 2.75) is 44.3 Å². The molecule has 0 saturated heterocycles. The van der Waals surface area contributed by atoms with Gasteiger partial charge in [-0.15, -0.1) is 10.5 Å². The summed E-state index contributed by atoms with van der Waals surface area (Å²) in [5, 5.41) is 20.1. The molecule has 138 valence electrons. The second-order valence-corrected chi connectivity index (χ2v) is 9.37. The number of benzene rings is 1. The van der Waals surface area contributed by atoms with Gasteiger partial charge in [0.05, 0.1) is 4.75 Å². The number of halogens is 2. The number of allylic oxidation sites excluding steroid dienone is 1. The topological polar surface area (TPSA) is 73.2 Å². The molecule has 0 bridgehead atoms. The van der Waals surface area contributed by atoms with Gasteiger partial charge in [-0.25, -0.2) is 8.78 Å². The van der Waals surface area contributed by atoms with Crippen molar-refractivity contribution in [3.63, 3.8) is 0 Å². The number of aliphatic hydroxyl groups excluding tert-OH is 1. The largest absolute Gasteiger partial charge is 0.512 e. The van der Waals surface area contributed by atoms with E-state index in [1.165, 1.54) is 0 Å². The molecule has 1 unspecified atom stereocenters. The van der Waals surface area contributed by atoms with Gasteiger partial charge < -0.3 is 10.4 Å². The number of hydrogen-bond acceptors (Lipinski definition) is 3. The fraction of sp³-hybridized carbons (Fsp3) is 0.389. The van der Waals surface area contributed by atoms with E-state index in [4.69, 9.17) is 5.41 Å². The Bertz CT molecular complexity index is 750. The Morgan fingerprint density at radius 3 is 2.36 bits per heavy atom. The number of rotatable bonds is 4. The Morgan fingerprint density at radius 2 is 1.84 bits per heavy atom. The molecule has 1 aromatic carbocycles. The van der Waals surface area contributed by atoms with Gasteiger partial charge in [-0.2, -0.15) is 0 Å². The maximum atomic E-state index is 14.0. The molecule has 1 aromatic rings. The highest BCUT2D eigenvalue weighted by Crippen LogP contribution is 2.40. The molecule has 0 fully saturated rings. The molecule has 0 aromatic heterocycles. The van der Waals surface area contributed by atoms with Crippen molar-refractivity contribution in [3.8, 4) is 0 Å². The number of amidine groups is 1. The molecular formula is C18H24F2N2O2S. The highest BCUT2D eigenvalue weighted by Gasteiger charge is 2.33. The van der Waals surface area contributed by atoms with E-state index >= 15 is 0 Å². The Labute approximate surface area is 149 Å². The number of hydrogen-bond donors (Lipinski definition) is 3. The Hall–Kier alpha value is -2.02. The van der Waals surface area contributed by atoms with Gasteiger partial charge in [0, 0.05) is 16.4 Å². The van der Waals surface area contributed by atoms with Crippen LogP contribution in [0.1, 0.15) is 34.6 Å². The van der Waals surface area contributed by atoms with Crippen molar-refractivity contribution >= 4 is 28.1 Å². The minimum atomic E-state index is -1.20. The van der Waals surface area contributed by atoms with E-state index in [0.29, 0.717) is 0 Å². The summed E-state index contributed by atoms with van der Waals surface area (Å²) in [7, 11) is -1.20. The fourth-order valence-corrected chi connectivity index (χ4v) is 3.10. The van der Waals surface area contributed by atoms with Crippen LogP contribution in [0.15, 0.2) is 34.9 Å². The lowest BCUT2D eigenvalue weighted by Gasteiger charge is -2.27. The summed E-state index contributed by atoms with van der Waals surface area (Å²) < 4.78 is 26.2.